The van der Waals surface area contributed by atoms with E-state index in [4.69, 9.17) is 9.47 Å². The smallest absolute Gasteiger partial charge is 0.254 e. The molecule has 5 heteroatoms. The number of hydrogen-bond donors (Lipinski definition) is 0. The highest BCUT2D eigenvalue weighted by Gasteiger charge is 2.23. The van der Waals surface area contributed by atoms with E-state index in [-0.39, 0.29) is 5.91 Å². The van der Waals surface area contributed by atoms with E-state index in [0.29, 0.717) is 24.4 Å². The number of ether oxygens (including phenoxy) is 2. The Bertz CT molecular complexity index is 745. The van der Waals surface area contributed by atoms with E-state index in [1.165, 1.54) is 5.56 Å². The largest absolute Gasteiger partial charge is 0.493 e. The Balaban J connectivity index is 1.86. The molecule has 0 fully saturated rings. The number of nitrogens with zero attached hydrogens (tertiary/aromatic N) is 1. The summed E-state index contributed by atoms with van der Waals surface area (Å²) in [5.41, 5.74) is 3.02. The maximum absolute atomic E-state index is 12.7. The third kappa shape index (κ3) is 3.20. The lowest BCUT2D eigenvalue weighted by Gasteiger charge is -2.29. The van der Waals surface area contributed by atoms with Crippen LogP contribution in [0.3, 0.4) is 0 Å². The molecule has 0 aliphatic carbocycles. The Morgan fingerprint density at radius 1 is 1.09 bits per heavy atom. The Hall–Kier alpha value is -2.01. The van der Waals surface area contributed by atoms with Gasteiger partial charge in [0.25, 0.3) is 5.91 Å². The van der Waals surface area contributed by atoms with Gasteiger partial charge in [0.1, 0.15) is 0 Å². The first-order valence-corrected chi connectivity index (χ1v) is 8.20. The van der Waals surface area contributed by atoms with Crippen LogP contribution in [-0.2, 0) is 13.0 Å². The molecule has 1 amide bonds. The lowest BCUT2D eigenvalue weighted by Crippen LogP contribution is -2.36. The van der Waals surface area contributed by atoms with Crippen LogP contribution in [0.4, 0.5) is 0 Å². The Morgan fingerprint density at radius 3 is 2.43 bits per heavy atom. The summed E-state index contributed by atoms with van der Waals surface area (Å²) in [4.78, 5) is 14.6. The fourth-order valence-electron chi connectivity index (χ4n) is 2.86. The van der Waals surface area contributed by atoms with Gasteiger partial charge in [0.2, 0.25) is 0 Å². The fourth-order valence-corrected chi connectivity index (χ4v) is 3.26. The van der Waals surface area contributed by atoms with Crippen LogP contribution in [0, 0.1) is 0 Å². The molecule has 1 aliphatic heterocycles. The molecule has 2 aromatic rings. The van der Waals surface area contributed by atoms with E-state index in [2.05, 4.69) is 15.9 Å². The van der Waals surface area contributed by atoms with Crippen molar-refractivity contribution in [3.05, 3.63) is 57.6 Å². The average molecular weight is 376 g/mol. The first-order valence-electron chi connectivity index (χ1n) is 7.41. The summed E-state index contributed by atoms with van der Waals surface area (Å²) in [6, 6.07) is 11.5. The monoisotopic (exact) mass is 375 g/mol. The second-order valence-electron chi connectivity index (χ2n) is 5.46. The summed E-state index contributed by atoms with van der Waals surface area (Å²) in [6.45, 7) is 1.29. The Labute approximate surface area is 144 Å². The van der Waals surface area contributed by atoms with E-state index in [1.54, 1.807) is 14.2 Å². The van der Waals surface area contributed by atoms with Crippen molar-refractivity contribution in [1.29, 1.82) is 0 Å². The maximum atomic E-state index is 12.7. The highest BCUT2D eigenvalue weighted by atomic mass is 79.9. The third-order valence-electron chi connectivity index (χ3n) is 4.08. The molecule has 0 unspecified atom stereocenters. The van der Waals surface area contributed by atoms with Crippen LogP contribution in [-0.4, -0.2) is 31.6 Å². The summed E-state index contributed by atoms with van der Waals surface area (Å²) >= 11 is 3.41. The molecule has 23 heavy (non-hydrogen) atoms. The summed E-state index contributed by atoms with van der Waals surface area (Å²) in [5, 5.41) is 0. The van der Waals surface area contributed by atoms with Crippen molar-refractivity contribution in [2.75, 3.05) is 20.8 Å². The highest BCUT2D eigenvalue weighted by Crippen LogP contribution is 2.33. The normalized spacial score (nSPS) is 13.4. The number of amides is 1. The summed E-state index contributed by atoms with van der Waals surface area (Å²) in [6.07, 6.45) is 0.815. The first-order chi connectivity index (χ1) is 11.1. The van der Waals surface area contributed by atoms with Gasteiger partial charge in [-0.05, 0) is 47.9 Å². The molecule has 0 spiro atoms. The molecule has 1 aliphatic rings. The number of carbonyl (C=O) groups excluding carboxylic acids is 1. The van der Waals surface area contributed by atoms with Crippen molar-refractivity contribution in [1.82, 2.24) is 4.90 Å². The van der Waals surface area contributed by atoms with Crippen molar-refractivity contribution < 1.29 is 14.3 Å². The lowest BCUT2D eigenvalue weighted by molar-refractivity contribution is 0.0734. The molecule has 0 aromatic heterocycles. The van der Waals surface area contributed by atoms with E-state index in [1.807, 2.05) is 41.3 Å². The number of hydrogen-bond acceptors (Lipinski definition) is 3. The zero-order valence-electron chi connectivity index (χ0n) is 13.1. The van der Waals surface area contributed by atoms with Crippen LogP contribution in [0.2, 0.25) is 0 Å². The molecule has 0 saturated heterocycles. The number of carbonyl (C=O) groups is 1. The predicted octanol–water partition coefficient (Wildman–Crippen LogP) is 3.66. The molecule has 1 heterocycles. The van der Waals surface area contributed by atoms with Crippen LogP contribution in [0.1, 0.15) is 21.5 Å². The molecule has 3 rings (SSSR count). The maximum Gasteiger partial charge on any atom is 0.254 e. The standard InChI is InChI=1S/C18H18BrNO3/c1-22-16-9-12-6-7-20(11-14(12)10-17(16)23-2)18(21)13-4-3-5-15(19)8-13/h3-5,8-10H,6-7,11H2,1-2H3. The molecule has 0 N–H and O–H groups in total. The molecule has 0 atom stereocenters. The zero-order chi connectivity index (χ0) is 16.4. The van der Waals surface area contributed by atoms with Crippen LogP contribution >= 0.6 is 15.9 Å². The van der Waals surface area contributed by atoms with E-state index in [9.17, 15) is 4.79 Å². The van der Waals surface area contributed by atoms with Gasteiger partial charge < -0.3 is 14.4 Å². The van der Waals surface area contributed by atoms with Gasteiger partial charge in [-0.15, -0.1) is 0 Å². The molecule has 4 nitrogen and oxygen atoms in total. The number of methoxy groups -OCH3 is 2. The van der Waals surface area contributed by atoms with E-state index < -0.39 is 0 Å². The number of benzene rings is 2. The Kier molecular flexibility index (Phi) is 4.57. The minimum atomic E-state index is 0.0479. The highest BCUT2D eigenvalue weighted by molar-refractivity contribution is 9.10. The third-order valence-corrected chi connectivity index (χ3v) is 4.57. The van der Waals surface area contributed by atoms with Gasteiger partial charge in [0.05, 0.1) is 14.2 Å². The van der Waals surface area contributed by atoms with Crippen molar-refractivity contribution in [2.45, 2.75) is 13.0 Å². The minimum Gasteiger partial charge on any atom is -0.493 e. The molecule has 0 saturated carbocycles. The number of halogens is 1. The van der Waals surface area contributed by atoms with Gasteiger partial charge in [-0.2, -0.15) is 0 Å². The minimum absolute atomic E-state index is 0.0479. The topological polar surface area (TPSA) is 38.8 Å². The first kappa shape index (κ1) is 15.9. The molecular weight excluding hydrogens is 358 g/mol. The number of rotatable bonds is 3. The molecular formula is C18H18BrNO3. The predicted molar refractivity (Wildman–Crippen MR) is 92.1 cm³/mol. The zero-order valence-corrected chi connectivity index (χ0v) is 14.7. The SMILES string of the molecule is COc1cc2c(cc1OC)CN(C(=O)c1cccc(Br)c1)CC2. The molecule has 2 aromatic carbocycles. The van der Waals surface area contributed by atoms with Crippen molar-refractivity contribution >= 4 is 21.8 Å². The van der Waals surface area contributed by atoms with Crippen LogP contribution in [0.15, 0.2) is 40.9 Å². The quantitative estimate of drug-likeness (QED) is 0.821. The summed E-state index contributed by atoms with van der Waals surface area (Å²) < 4.78 is 11.6. The Morgan fingerprint density at radius 2 is 1.78 bits per heavy atom. The molecule has 120 valence electrons. The van der Waals surface area contributed by atoms with E-state index >= 15 is 0 Å². The van der Waals surface area contributed by atoms with Crippen LogP contribution < -0.4 is 9.47 Å². The van der Waals surface area contributed by atoms with Crippen molar-refractivity contribution in [3.63, 3.8) is 0 Å². The van der Waals surface area contributed by atoms with E-state index in [0.717, 1.165) is 22.2 Å². The summed E-state index contributed by atoms with van der Waals surface area (Å²) in [5.74, 6) is 1.48. The van der Waals surface area contributed by atoms with Gasteiger partial charge in [-0.25, -0.2) is 0 Å². The van der Waals surface area contributed by atoms with Crippen molar-refractivity contribution in [3.8, 4) is 11.5 Å². The van der Waals surface area contributed by atoms with Crippen molar-refractivity contribution in [2.24, 2.45) is 0 Å². The van der Waals surface area contributed by atoms with Gasteiger partial charge >= 0.3 is 0 Å². The van der Waals surface area contributed by atoms with Gasteiger partial charge in [-0.3, -0.25) is 4.79 Å². The number of fused-ring (bicyclic) bond motifs is 1. The fraction of sp³-hybridized carbons (Fsp3) is 0.278. The van der Waals surface area contributed by atoms with Gasteiger partial charge in [0, 0.05) is 23.1 Å². The second kappa shape index (κ2) is 6.62. The molecule has 0 bridgehead atoms. The average Bonchev–Trinajstić information content (AvgIpc) is 2.59. The van der Waals surface area contributed by atoms with Crippen LogP contribution in [0.25, 0.3) is 0 Å². The van der Waals surface area contributed by atoms with Gasteiger partial charge in [-0.1, -0.05) is 22.0 Å². The van der Waals surface area contributed by atoms with Gasteiger partial charge in [0.15, 0.2) is 11.5 Å². The summed E-state index contributed by atoms with van der Waals surface area (Å²) in [7, 11) is 3.26. The molecule has 0 radical (unpaired) electrons. The van der Waals surface area contributed by atoms with Crippen LogP contribution in [0.5, 0.6) is 11.5 Å². The lowest BCUT2D eigenvalue weighted by atomic mass is 9.98. The second-order valence-corrected chi connectivity index (χ2v) is 6.38.